The van der Waals surface area contributed by atoms with Crippen LogP contribution in [-0.2, 0) is 4.79 Å². The molecule has 0 aromatic heterocycles. The minimum atomic E-state index is 0. The number of carbonyl (C=O) groups is 1. The molecule has 0 radical (unpaired) electrons. The highest BCUT2D eigenvalue weighted by Crippen LogP contribution is 2.49. The Bertz CT molecular complexity index is 235. The summed E-state index contributed by atoms with van der Waals surface area (Å²) in [5.74, 6) is 0.318. The zero-order valence-electron chi connectivity index (χ0n) is 10.1. The SMILES string of the molecule is CCCC1(C(=O)NC2CCCNC2)CC1.Cl. The van der Waals surface area contributed by atoms with Crippen LogP contribution in [0.15, 0.2) is 0 Å². The van der Waals surface area contributed by atoms with E-state index in [9.17, 15) is 4.79 Å². The highest BCUT2D eigenvalue weighted by Gasteiger charge is 2.48. The Morgan fingerprint density at radius 2 is 2.25 bits per heavy atom. The topological polar surface area (TPSA) is 41.1 Å². The molecular weight excluding hydrogens is 224 g/mol. The summed E-state index contributed by atoms with van der Waals surface area (Å²) in [6.07, 6.45) is 6.72. The van der Waals surface area contributed by atoms with E-state index in [-0.39, 0.29) is 17.8 Å². The van der Waals surface area contributed by atoms with Crippen LogP contribution in [0.1, 0.15) is 45.4 Å². The van der Waals surface area contributed by atoms with Gasteiger partial charge in [-0.05, 0) is 38.6 Å². The van der Waals surface area contributed by atoms with Crippen LogP contribution >= 0.6 is 12.4 Å². The molecular formula is C12H23ClN2O. The molecule has 3 nitrogen and oxygen atoms in total. The minimum Gasteiger partial charge on any atom is -0.352 e. The number of nitrogens with one attached hydrogen (secondary N) is 2. The molecule has 1 saturated heterocycles. The van der Waals surface area contributed by atoms with Gasteiger partial charge in [0, 0.05) is 18.0 Å². The number of halogens is 1. The van der Waals surface area contributed by atoms with Crippen molar-refractivity contribution in [1.29, 1.82) is 0 Å². The molecule has 1 saturated carbocycles. The summed E-state index contributed by atoms with van der Waals surface area (Å²) in [6, 6.07) is 0.376. The molecule has 2 N–H and O–H groups in total. The van der Waals surface area contributed by atoms with Crippen molar-refractivity contribution in [2.45, 2.75) is 51.5 Å². The van der Waals surface area contributed by atoms with Gasteiger partial charge in [-0.25, -0.2) is 0 Å². The van der Waals surface area contributed by atoms with Crippen LogP contribution in [0.4, 0.5) is 0 Å². The third kappa shape index (κ3) is 3.11. The molecule has 0 bridgehead atoms. The first-order valence-electron chi connectivity index (χ1n) is 6.28. The first-order valence-corrected chi connectivity index (χ1v) is 6.28. The Hall–Kier alpha value is -0.280. The van der Waals surface area contributed by atoms with Crippen molar-refractivity contribution in [3.8, 4) is 0 Å². The lowest BCUT2D eigenvalue weighted by Crippen LogP contribution is -2.47. The van der Waals surface area contributed by atoms with Crippen molar-refractivity contribution in [3.63, 3.8) is 0 Å². The fraction of sp³-hybridized carbons (Fsp3) is 0.917. The Balaban J connectivity index is 0.00000128. The molecule has 94 valence electrons. The van der Waals surface area contributed by atoms with Gasteiger partial charge >= 0.3 is 0 Å². The Labute approximate surface area is 104 Å². The quantitative estimate of drug-likeness (QED) is 0.795. The lowest BCUT2D eigenvalue weighted by molar-refractivity contribution is -0.127. The van der Waals surface area contributed by atoms with Crippen LogP contribution in [0.3, 0.4) is 0 Å². The standard InChI is InChI=1S/C12H22N2O.ClH/c1-2-5-12(6-7-12)11(15)14-10-4-3-8-13-9-10;/h10,13H,2-9H2,1H3,(H,14,15);1H. The maximum atomic E-state index is 12.0. The summed E-state index contributed by atoms with van der Waals surface area (Å²) < 4.78 is 0. The number of hydrogen-bond donors (Lipinski definition) is 2. The van der Waals surface area contributed by atoms with Crippen molar-refractivity contribution < 1.29 is 4.79 Å². The maximum Gasteiger partial charge on any atom is 0.226 e. The second kappa shape index (κ2) is 5.87. The molecule has 0 aromatic carbocycles. The van der Waals surface area contributed by atoms with Gasteiger partial charge in [0.2, 0.25) is 5.91 Å². The van der Waals surface area contributed by atoms with E-state index in [1.807, 2.05) is 0 Å². The van der Waals surface area contributed by atoms with E-state index >= 15 is 0 Å². The predicted octanol–water partition coefficient (Wildman–Crippen LogP) is 1.86. The molecule has 4 heteroatoms. The number of piperidine rings is 1. The van der Waals surface area contributed by atoms with Gasteiger partial charge in [0.25, 0.3) is 0 Å². The number of hydrogen-bond acceptors (Lipinski definition) is 2. The highest BCUT2D eigenvalue weighted by molar-refractivity contribution is 5.85. The Kier molecular flexibility index (Phi) is 5.06. The van der Waals surface area contributed by atoms with Gasteiger partial charge in [-0.3, -0.25) is 4.79 Å². The van der Waals surface area contributed by atoms with E-state index in [1.54, 1.807) is 0 Å². The summed E-state index contributed by atoms with van der Waals surface area (Å²) in [5, 5.41) is 6.53. The third-order valence-corrected chi connectivity index (χ3v) is 3.70. The fourth-order valence-corrected chi connectivity index (χ4v) is 2.53. The maximum absolute atomic E-state index is 12.0. The Morgan fingerprint density at radius 3 is 2.75 bits per heavy atom. The molecule has 16 heavy (non-hydrogen) atoms. The fourth-order valence-electron chi connectivity index (χ4n) is 2.53. The summed E-state index contributed by atoms with van der Waals surface area (Å²) in [4.78, 5) is 12.0. The molecule has 1 aliphatic carbocycles. The van der Waals surface area contributed by atoms with E-state index < -0.39 is 0 Å². The molecule has 2 aliphatic rings. The molecule has 1 amide bonds. The molecule has 2 fully saturated rings. The van der Waals surface area contributed by atoms with E-state index in [0.29, 0.717) is 11.9 Å². The van der Waals surface area contributed by atoms with E-state index in [0.717, 1.165) is 45.2 Å². The van der Waals surface area contributed by atoms with Crippen molar-refractivity contribution in [1.82, 2.24) is 10.6 Å². The molecule has 1 aliphatic heterocycles. The van der Waals surface area contributed by atoms with Crippen LogP contribution in [0.2, 0.25) is 0 Å². The first-order chi connectivity index (χ1) is 7.27. The average molecular weight is 247 g/mol. The van der Waals surface area contributed by atoms with Crippen molar-refractivity contribution in [2.24, 2.45) is 5.41 Å². The van der Waals surface area contributed by atoms with Crippen LogP contribution < -0.4 is 10.6 Å². The van der Waals surface area contributed by atoms with Gasteiger partial charge in [0.05, 0.1) is 0 Å². The second-order valence-corrected chi connectivity index (χ2v) is 5.05. The van der Waals surface area contributed by atoms with Crippen LogP contribution in [0.25, 0.3) is 0 Å². The van der Waals surface area contributed by atoms with Gasteiger partial charge in [-0.2, -0.15) is 0 Å². The lowest BCUT2D eigenvalue weighted by atomic mass is 9.98. The van der Waals surface area contributed by atoms with Crippen molar-refractivity contribution in [3.05, 3.63) is 0 Å². The van der Waals surface area contributed by atoms with Crippen LogP contribution in [0, 0.1) is 5.41 Å². The molecule has 1 atom stereocenters. The zero-order valence-corrected chi connectivity index (χ0v) is 10.9. The first kappa shape index (κ1) is 13.8. The van der Waals surface area contributed by atoms with E-state index in [2.05, 4.69) is 17.6 Å². The molecule has 1 heterocycles. The summed E-state index contributed by atoms with van der Waals surface area (Å²) >= 11 is 0. The zero-order chi connectivity index (χ0) is 10.7. The van der Waals surface area contributed by atoms with E-state index in [1.165, 1.54) is 6.42 Å². The predicted molar refractivity (Wildman–Crippen MR) is 67.9 cm³/mol. The van der Waals surface area contributed by atoms with Gasteiger partial charge < -0.3 is 10.6 Å². The summed E-state index contributed by atoms with van der Waals surface area (Å²) in [6.45, 7) is 4.22. The number of carbonyl (C=O) groups excluding carboxylic acids is 1. The van der Waals surface area contributed by atoms with Crippen molar-refractivity contribution >= 4 is 18.3 Å². The summed E-state index contributed by atoms with van der Waals surface area (Å²) in [5.41, 5.74) is 0.0339. The van der Waals surface area contributed by atoms with Crippen molar-refractivity contribution in [2.75, 3.05) is 13.1 Å². The normalized spacial score (nSPS) is 26.7. The van der Waals surface area contributed by atoms with E-state index in [4.69, 9.17) is 0 Å². The third-order valence-electron chi connectivity index (χ3n) is 3.70. The molecule has 0 aromatic rings. The van der Waals surface area contributed by atoms with Crippen LogP contribution in [-0.4, -0.2) is 25.0 Å². The number of rotatable bonds is 4. The molecule has 0 spiro atoms. The Morgan fingerprint density at radius 1 is 1.50 bits per heavy atom. The van der Waals surface area contributed by atoms with Gasteiger partial charge in [-0.1, -0.05) is 13.3 Å². The second-order valence-electron chi connectivity index (χ2n) is 5.05. The molecule has 2 rings (SSSR count). The monoisotopic (exact) mass is 246 g/mol. The van der Waals surface area contributed by atoms with Gasteiger partial charge in [0.1, 0.15) is 0 Å². The van der Waals surface area contributed by atoms with Gasteiger partial charge in [0.15, 0.2) is 0 Å². The lowest BCUT2D eigenvalue weighted by Gasteiger charge is -2.26. The summed E-state index contributed by atoms with van der Waals surface area (Å²) in [7, 11) is 0. The number of amides is 1. The minimum absolute atomic E-state index is 0. The highest BCUT2D eigenvalue weighted by atomic mass is 35.5. The van der Waals surface area contributed by atoms with Gasteiger partial charge in [-0.15, -0.1) is 12.4 Å². The largest absolute Gasteiger partial charge is 0.352 e. The molecule has 1 unspecified atom stereocenters. The average Bonchev–Trinajstić information content (AvgIpc) is 3.01. The van der Waals surface area contributed by atoms with Crippen LogP contribution in [0.5, 0.6) is 0 Å². The smallest absolute Gasteiger partial charge is 0.226 e.